The largest absolute Gasteiger partial charge is 0.297 e. The first kappa shape index (κ1) is 18.9. The highest BCUT2D eigenvalue weighted by Crippen LogP contribution is 2.28. The van der Waals surface area contributed by atoms with Crippen LogP contribution in [0.25, 0.3) is 6.08 Å². The maximum Gasteiger partial charge on any atom is 0.250 e. The second kappa shape index (κ2) is 9.19. The molecule has 4 nitrogen and oxygen atoms in total. The van der Waals surface area contributed by atoms with Crippen LogP contribution in [0.1, 0.15) is 11.1 Å². The van der Waals surface area contributed by atoms with E-state index in [1.165, 1.54) is 17.4 Å². The van der Waals surface area contributed by atoms with Crippen LogP contribution in [-0.4, -0.2) is 16.1 Å². The van der Waals surface area contributed by atoms with Gasteiger partial charge >= 0.3 is 0 Å². The predicted molar refractivity (Wildman–Crippen MR) is 110 cm³/mol. The van der Waals surface area contributed by atoms with E-state index in [1.54, 1.807) is 30.0 Å². The van der Waals surface area contributed by atoms with Crippen LogP contribution in [-0.2, 0) is 10.5 Å². The Hall–Kier alpha value is -1.86. The molecule has 0 saturated carbocycles. The van der Waals surface area contributed by atoms with E-state index >= 15 is 0 Å². The Bertz CT molecular complexity index is 909. The molecule has 0 aliphatic heterocycles. The second-order valence-corrected chi connectivity index (χ2v) is 8.24. The van der Waals surface area contributed by atoms with E-state index in [-0.39, 0.29) is 5.91 Å². The number of thioether (sulfide) groups is 1. The fourth-order valence-electron chi connectivity index (χ4n) is 1.94. The number of aromatic nitrogens is 2. The molecule has 0 fully saturated rings. The third-order valence-electron chi connectivity index (χ3n) is 3.21. The molecule has 0 unspecified atom stereocenters. The molecule has 132 valence electrons. The van der Waals surface area contributed by atoms with Crippen molar-refractivity contribution in [1.82, 2.24) is 10.2 Å². The summed E-state index contributed by atoms with van der Waals surface area (Å²) in [6, 6.07) is 14.9. The number of halogens is 2. The molecule has 1 aromatic heterocycles. The molecule has 0 aliphatic rings. The summed E-state index contributed by atoms with van der Waals surface area (Å²) in [7, 11) is 0. The Kier molecular flexibility index (Phi) is 6.68. The Morgan fingerprint density at radius 1 is 1.04 bits per heavy atom. The van der Waals surface area contributed by atoms with Crippen molar-refractivity contribution in [3.8, 4) is 0 Å². The van der Waals surface area contributed by atoms with E-state index < -0.39 is 0 Å². The van der Waals surface area contributed by atoms with Gasteiger partial charge in [-0.2, -0.15) is 0 Å². The minimum atomic E-state index is -0.259. The van der Waals surface area contributed by atoms with E-state index in [9.17, 15) is 4.79 Å². The molecule has 26 heavy (non-hydrogen) atoms. The summed E-state index contributed by atoms with van der Waals surface area (Å²) in [5.74, 6) is 0.501. The Labute approximate surface area is 169 Å². The first-order chi connectivity index (χ1) is 12.6. The molecule has 3 rings (SSSR count). The van der Waals surface area contributed by atoms with Crippen molar-refractivity contribution in [3.05, 3.63) is 75.8 Å². The quantitative estimate of drug-likeness (QED) is 0.310. The SMILES string of the molecule is O=C(C=Cc1ccc(Cl)cc1)Nc1nnc(SCc2ccc(Cl)cc2)s1. The zero-order valence-corrected chi connectivity index (χ0v) is 16.5. The number of nitrogens with one attached hydrogen (secondary N) is 1. The van der Waals surface area contributed by atoms with Crippen LogP contribution in [0.2, 0.25) is 10.0 Å². The van der Waals surface area contributed by atoms with Crippen molar-refractivity contribution in [2.75, 3.05) is 5.32 Å². The number of carbonyl (C=O) groups excluding carboxylic acids is 1. The van der Waals surface area contributed by atoms with Gasteiger partial charge in [-0.1, -0.05) is 70.6 Å². The van der Waals surface area contributed by atoms with Crippen molar-refractivity contribution in [2.45, 2.75) is 10.1 Å². The lowest BCUT2D eigenvalue weighted by molar-refractivity contribution is -0.111. The van der Waals surface area contributed by atoms with E-state index in [0.717, 1.165) is 21.2 Å². The number of benzene rings is 2. The van der Waals surface area contributed by atoms with Crippen molar-refractivity contribution in [3.63, 3.8) is 0 Å². The van der Waals surface area contributed by atoms with Gasteiger partial charge in [0, 0.05) is 21.9 Å². The molecule has 0 bridgehead atoms. The maximum atomic E-state index is 12.0. The molecule has 1 amide bonds. The molecule has 3 aromatic rings. The van der Waals surface area contributed by atoms with Gasteiger partial charge in [0.25, 0.3) is 0 Å². The Morgan fingerprint density at radius 3 is 2.38 bits per heavy atom. The lowest BCUT2D eigenvalue weighted by atomic mass is 10.2. The molecule has 0 spiro atoms. The summed E-state index contributed by atoms with van der Waals surface area (Å²) in [5.41, 5.74) is 2.03. The minimum absolute atomic E-state index is 0.259. The highest BCUT2D eigenvalue weighted by molar-refractivity contribution is 8.00. The topological polar surface area (TPSA) is 54.9 Å². The molecule has 2 aromatic carbocycles. The molecular formula is C18H13Cl2N3OS2. The fraction of sp³-hybridized carbons (Fsp3) is 0.0556. The predicted octanol–water partition coefficient (Wildman–Crippen LogP) is 5.79. The summed E-state index contributed by atoms with van der Waals surface area (Å²) >= 11 is 14.6. The van der Waals surface area contributed by atoms with Gasteiger partial charge in [-0.25, -0.2) is 0 Å². The van der Waals surface area contributed by atoms with Crippen LogP contribution < -0.4 is 5.32 Å². The van der Waals surface area contributed by atoms with Gasteiger partial charge in [0.05, 0.1) is 0 Å². The van der Waals surface area contributed by atoms with Crippen molar-refractivity contribution >= 4 is 63.4 Å². The third kappa shape index (κ3) is 5.85. The number of nitrogens with zero attached hydrogens (tertiary/aromatic N) is 2. The van der Waals surface area contributed by atoms with Crippen molar-refractivity contribution in [2.24, 2.45) is 0 Å². The maximum absolute atomic E-state index is 12.0. The zero-order chi connectivity index (χ0) is 18.4. The Morgan fingerprint density at radius 2 is 1.69 bits per heavy atom. The van der Waals surface area contributed by atoms with Gasteiger partial charge in [0.1, 0.15) is 0 Å². The first-order valence-electron chi connectivity index (χ1n) is 7.54. The summed E-state index contributed by atoms with van der Waals surface area (Å²) in [4.78, 5) is 12.0. The van der Waals surface area contributed by atoms with E-state index in [0.29, 0.717) is 15.2 Å². The number of rotatable bonds is 6. The highest BCUT2D eigenvalue weighted by Gasteiger charge is 2.07. The van der Waals surface area contributed by atoms with Crippen molar-refractivity contribution in [1.29, 1.82) is 0 Å². The molecular weight excluding hydrogens is 409 g/mol. The van der Waals surface area contributed by atoms with Gasteiger partial charge in [0.15, 0.2) is 4.34 Å². The van der Waals surface area contributed by atoms with Crippen LogP contribution in [0.5, 0.6) is 0 Å². The molecule has 8 heteroatoms. The van der Waals surface area contributed by atoms with Crippen LogP contribution in [0.3, 0.4) is 0 Å². The van der Waals surface area contributed by atoms with E-state index in [4.69, 9.17) is 23.2 Å². The number of anilines is 1. The van der Waals surface area contributed by atoms with Crippen LogP contribution in [0.4, 0.5) is 5.13 Å². The number of hydrogen-bond acceptors (Lipinski definition) is 5. The monoisotopic (exact) mass is 421 g/mol. The van der Waals surface area contributed by atoms with Gasteiger partial charge in [-0.05, 0) is 41.5 Å². The van der Waals surface area contributed by atoms with Gasteiger partial charge < -0.3 is 0 Å². The number of carbonyl (C=O) groups is 1. The normalized spacial score (nSPS) is 11.0. The molecule has 0 saturated heterocycles. The van der Waals surface area contributed by atoms with Gasteiger partial charge in [-0.3, -0.25) is 10.1 Å². The molecule has 0 aliphatic carbocycles. The minimum Gasteiger partial charge on any atom is -0.297 e. The first-order valence-corrected chi connectivity index (χ1v) is 10.1. The Balaban J connectivity index is 1.51. The standard InChI is InChI=1S/C18H13Cl2N3OS2/c19-14-6-1-12(2-7-14)5-10-16(24)21-17-22-23-18(26-17)25-11-13-3-8-15(20)9-4-13/h1-10H,11H2,(H,21,22,24). The molecule has 1 N–H and O–H groups in total. The fourth-order valence-corrected chi connectivity index (χ4v) is 3.90. The lowest BCUT2D eigenvalue weighted by Crippen LogP contribution is -2.07. The number of hydrogen-bond donors (Lipinski definition) is 1. The summed E-state index contributed by atoms with van der Waals surface area (Å²) in [6.45, 7) is 0. The van der Waals surface area contributed by atoms with Crippen LogP contribution in [0.15, 0.2) is 58.9 Å². The van der Waals surface area contributed by atoms with Crippen LogP contribution in [0, 0.1) is 0 Å². The van der Waals surface area contributed by atoms with Crippen LogP contribution >= 0.6 is 46.3 Å². The second-order valence-electron chi connectivity index (χ2n) is 5.16. The highest BCUT2D eigenvalue weighted by atomic mass is 35.5. The zero-order valence-electron chi connectivity index (χ0n) is 13.4. The van der Waals surface area contributed by atoms with Gasteiger partial charge in [-0.15, -0.1) is 10.2 Å². The third-order valence-corrected chi connectivity index (χ3v) is 5.76. The van der Waals surface area contributed by atoms with E-state index in [1.807, 2.05) is 36.4 Å². The number of amides is 1. The molecule has 1 heterocycles. The lowest BCUT2D eigenvalue weighted by Gasteiger charge is -1.98. The molecule has 0 atom stereocenters. The van der Waals surface area contributed by atoms with Crippen molar-refractivity contribution < 1.29 is 4.79 Å². The van der Waals surface area contributed by atoms with E-state index in [2.05, 4.69) is 15.5 Å². The molecule has 0 radical (unpaired) electrons. The summed E-state index contributed by atoms with van der Waals surface area (Å²) in [6.07, 6.45) is 3.16. The average molecular weight is 422 g/mol. The summed E-state index contributed by atoms with van der Waals surface area (Å²) in [5, 5.41) is 12.6. The van der Waals surface area contributed by atoms with Gasteiger partial charge in [0.2, 0.25) is 11.0 Å². The average Bonchev–Trinajstić information content (AvgIpc) is 3.08. The summed E-state index contributed by atoms with van der Waals surface area (Å²) < 4.78 is 0.789. The smallest absolute Gasteiger partial charge is 0.250 e.